The normalized spacial score (nSPS) is 16.1. The van der Waals surface area contributed by atoms with E-state index < -0.39 is 0 Å². The Morgan fingerprint density at radius 1 is 1.16 bits per heavy atom. The first kappa shape index (κ1) is 22.5. The minimum Gasteiger partial charge on any atom is -0.314 e. The van der Waals surface area contributed by atoms with Gasteiger partial charge in [0.25, 0.3) is 0 Å². The molecule has 1 N–H and O–H groups in total. The molecule has 0 radical (unpaired) electrons. The fraction of sp³-hybridized carbons (Fsp3) is 0.526. The summed E-state index contributed by atoms with van der Waals surface area (Å²) in [6.07, 6.45) is 4.93. The molecule has 1 aliphatic rings. The first-order valence-corrected chi connectivity index (χ1v) is 9.17. The number of unbranched alkanes of at least 4 members (excludes halogenated alkanes) is 2. The van der Waals surface area contributed by atoms with Gasteiger partial charge in [-0.2, -0.15) is 0 Å². The van der Waals surface area contributed by atoms with E-state index >= 15 is 0 Å². The van der Waals surface area contributed by atoms with Crippen LogP contribution in [0.2, 0.25) is 5.15 Å². The molecule has 25 heavy (non-hydrogen) atoms. The summed E-state index contributed by atoms with van der Waals surface area (Å²) in [5, 5.41) is 5.30. The lowest BCUT2D eigenvalue weighted by molar-refractivity contribution is 0.162. The highest BCUT2D eigenvalue weighted by Gasteiger charge is 2.24. The topological polar surface area (TPSA) is 28.2 Å². The van der Waals surface area contributed by atoms with Crippen molar-refractivity contribution in [3.63, 3.8) is 0 Å². The van der Waals surface area contributed by atoms with Gasteiger partial charge >= 0.3 is 0 Å². The molecule has 1 aromatic heterocycles. The molecule has 2 heterocycles. The van der Waals surface area contributed by atoms with Crippen molar-refractivity contribution in [2.75, 3.05) is 26.2 Å². The van der Waals surface area contributed by atoms with Crippen LogP contribution in [0.4, 0.5) is 0 Å². The maximum atomic E-state index is 6.58. The quantitative estimate of drug-likeness (QED) is 0.526. The molecule has 0 spiro atoms. The van der Waals surface area contributed by atoms with Crippen molar-refractivity contribution < 1.29 is 0 Å². The lowest BCUT2D eigenvalue weighted by Gasteiger charge is -2.35. The Balaban J connectivity index is 0.00000156. The van der Waals surface area contributed by atoms with E-state index in [-0.39, 0.29) is 24.8 Å². The fourth-order valence-corrected chi connectivity index (χ4v) is 3.73. The van der Waals surface area contributed by atoms with E-state index in [4.69, 9.17) is 11.6 Å². The highest BCUT2D eigenvalue weighted by Crippen LogP contribution is 2.33. The van der Waals surface area contributed by atoms with Crippen LogP contribution in [0, 0.1) is 0 Å². The molecule has 1 atom stereocenters. The van der Waals surface area contributed by atoms with Crippen molar-refractivity contribution in [3.05, 3.63) is 41.0 Å². The number of piperazine rings is 1. The van der Waals surface area contributed by atoms with Crippen molar-refractivity contribution in [2.45, 2.75) is 38.6 Å². The van der Waals surface area contributed by atoms with Crippen molar-refractivity contribution in [1.29, 1.82) is 0 Å². The van der Waals surface area contributed by atoms with Crippen LogP contribution >= 0.6 is 36.4 Å². The Morgan fingerprint density at radius 2 is 1.88 bits per heavy atom. The van der Waals surface area contributed by atoms with E-state index in [1.54, 1.807) is 0 Å². The number of nitrogens with one attached hydrogen (secondary N) is 1. The van der Waals surface area contributed by atoms with Gasteiger partial charge in [-0.3, -0.25) is 4.90 Å². The maximum absolute atomic E-state index is 6.58. The number of para-hydroxylation sites is 1. The smallest absolute Gasteiger partial charge is 0.134 e. The zero-order chi connectivity index (χ0) is 16.1. The summed E-state index contributed by atoms with van der Waals surface area (Å²) in [5.74, 6) is 0. The van der Waals surface area contributed by atoms with Gasteiger partial charge in [-0.05, 0) is 18.6 Å². The Hall–Kier alpha value is -0.580. The molecule has 0 saturated carbocycles. The van der Waals surface area contributed by atoms with Gasteiger partial charge in [-0.25, -0.2) is 4.98 Å². The molecule has 6 heteroatoms. The van der Waals surface area contributed by atoms with Crippen molar-refractivity contribution in [2.24, 2.45) is 0 Å². The highest BCUT2D eigenvalue weighted by molar-refractivity contribution is 6.30. The number of benzene rings is 1. The van der Waals surface area contributed by atoms with Gasteiger partial charge in [-0.1, -0.05) is 56.0 Å². The minimum absolute atomic E-state index is 0. The third-order valence-corrected chi connectivity index (χ3v) is 5.04. The molecule has 0 unspecified atom stereocenters. The summed E-state index contributed by atoms with van der Waals surface area (Å²) in [5.41, 5.74) is 2.18. The third-order valence-electron chi connectivity index (χ3n) is 4.74. The summed E-state index contributed by atoms with van der Waals surface area (Å²) in [4.78, 5) is 7.22. The molecule has 2 aromatic rings. The first-order chi connectivity index (χ1) is 11.3. The predicted molar refractivity (Wildman–Crippen MR) is 113 cm³/mol. The van der Waals surface area contributed by atoms with E-state index in [1.807, 2.05) is 12.1 Å². The number of aromatic nitrogens is 1. The number of fused-ring (bicyclic) bond motifs is 1. The van der Waals surface area contributed by atoms with E-state index in [2.05, 4.69) is 40.3 Å². The molecule has 1 saturated heterocycles. The van der Waals surface area contributed by atoms with Crippen LogP contribution in [0.25, 0.3) is 10.9 Å². The van der Waals surface area contributed by atoms with Crippen LogP contribution in [-0.2, 0) is 0 Å². The van der Waals surface area contributed by atoms with Crippen LogP contribution in [0.15, 0.2) is 30.3 Å². The van der Waals surface area contributed by atoms with E-state index in [0.717, 1.165) is 38.1 Å². The van der Waals surface area contributed by atoms with Gasteiger partial charge in [0.05, 0.1) is 5.52 Å². The number of hydrogen-bond acceptors (Lipinski definition) is 3. The van der Waals surface area contributed by atoms with E-state index in [1.165, 1.54) is 30.2 Å². The van der Waals surface area contributed by atoms with E-state index in [9.17, 15) is 0 Å². The average molecular weight is 405 g/mol. The Morgan fingerprint density at radius 3 is 2.60 bits per heavy atom. The SMILES string of the molecule is CCCCC[C@H](c1cc2ccccc2nc1Cl)N1CCNCC1.Cl.Cl. The van der Waals surface area contributed by atoms with Gasteiger partial charge in [0.1, 0.15) is 5.15 Å². The van der Waals surface area contributed by atoms with Crippen molar-refractivity contribution >= 4 is 47.3 Å². The van der Waals surface area contributed by atoms with Crippen LogP contribution < -0.4 is 5.32 Å². The molecule has 1 fully saturated rings. The fourth-order valence-electron chi connectivity index (χ4n) is 3.46. The Labute approximate surface area is 168 Å². The van der Waals surface area contributed by atoms with Crippen molar-refractivity contribution in [3.8, 4) is 0 Å². The standard InChI is InChI=1S/C19H26ClN3.2ClH/c1-2-3-4-9-18(23-12-10-21-11-13-23)16-14-15-7-5-6-8-17(15)22-19(16)20;;/h5-8,14,18,21H,2-4,9-13H2,1H3;2*1H/t18-;;/m1../s1. The molecule has 0 aliphatic carbocycles. The second-order valence-electron chi connectivity index (χ2n) is 6.36. The van der Waals surface area contributed by atoms with Gasteiger partial charge in [0, 0.05) is 43.2 Å². The molecule has 140 valence electrons. The van der Waals surface area contributed by atoms with Gasteiger partial charge in [0.15, 0.2) is 0 Å². The predicted octanol–water partition coefficient (Wildman–Crippen LogP) is 5.26. The van der Waals surface area contributed by atoms with Gasteiger partial charge in [0.2, 0.25) is 0 Å². The number of halogens is 3. The molecule has 1 aliphatic heterocycles. The largest absolute Gasteiger partial charge is 0.314 e. The van der Waals surface area contributed by atoms with Gasteiger partial charge in [-0.15, -0.1) is 24.8 Å². The molecular formula is C19H28Cl3N3. The van der Waals surface area contributed by atoms with Crippen molar-refractivity contribution in [1.82, 2.24) is 15.2 Å². The average Bonchev–Trinajstić information content (AvgIpc) is 2.59. The van der Waals surface area contributed by atoms with Crippen LogP contribution in [0.3, 0.4) is 0 Å². The first-order valence-electron chi connectivity index (χ1n) is 8.79. The second-order valence-corrected chi connectivity index (χ2v) is 6.72. The molecule has 0 bridgehead atoms. The Bertz CT molecular complexity index is 645. The molecule has 0 amide bonds. The minimum atomic E-state index is 0. The van der Waals surface area contributed by atoms with Crippen LogP contribution in [0.5, 0.6) is 0 Å². The number of hydrogen-bond donors (Lipinski definition) is 1. The Kier molecular flexibility index (Phi) is 10.1. The van der Waals surface area contributed by atoms with Crippen LogP contribution in [0.1, 0.15) is 44.2 Å². The maximum Gasteiger partial charge on any atom is 0.134 e. The highest BCUT2D eigenvalue weighted by atomic mass is 35.5. The lowest BCUT2D eigenvalue weighted by atomic mass is 9.98. The zero-order valence-electron chi connectivity index (χ0n) is 14.7. The summed E-state index contributed by atoms with van der Waals surface area (Å²) in [6, 6.07) is 10.9. The lowest BCUT2D eigenvalue weighted by Crippen LogP contribution is -2.45. The molecule has 1 aromatic carbocycles. The van der Waals surface area contributed by atoms with E-state index in [0.29, 0.717) is 11.2 Å². The third kappa shape index (κ3) is 5.70. The summed E-state index contributed by atoms with van der Waals surface area (Å²) in [6.45, 7) is 6.54. The molecular weight excluding hydrogens is 377 g/mol. The second kappa shape index (κ2) is 11.2. The van der Waals surface area contributed by atoms with Gasteiger partial charge < -0.3 is 5.32 Å². The summed E-state index contributed by atoms with van der Waals surface area (Å²) in [7, 11) is 0. The zero-order valence-corrected chi connectivity index (χ0v) is 17.1. The molecule has 3 rings (SSSR count). The molecule has 3 nitrogen and oxygen atoms in total. The summed E-state index contributed by atoms with van der Waals surface area (Å²) >= 11 is 6.58. The number of rotatable bonds is 6. The van der Waals surface area contributed by atoms with Crippen LogP contribution in [-0.4, -0.2) is 36.1 Å². The number of nitrogens with zero attached hydrogens (tertiary/aromatic N) is 2. The number of pyridine rings is 1. The monoisotopic (exact) mass is 403 g/mol. The summed E-state index contributed by atoms with van der Waals surface area (Å²) < 4.78 is 0.